The Labute approximate surface area is 192 Å². The normalized spacial score (nSPS) is 11.0. The summed E-state index contributed by atoms with van der Waals surface area (Å²) in [5.74, 6) is 0.219. The fourth-order valence-corrected chi connectivity index (χ4v) is 3.57. The Kier molecular flexibility index (Phi) is 6.64. The van der Waals surface area contributed by atoms with Crippen molar-refractivity contribution >= 4 is 12.1 Å². The topological polar surface area (TPSA) is 55.6 Å². The van der Waals surface area contributed by atoms with Gasteiger partial charge in [0.25, 0.3) is 5.91 Å². The highest BCUT2D eigenvalue weighted by Gasteiger charge is 2.10. The molecule has 4 aromatic rings. The lowest BCUT2D eigenvalue weighted by Crippen LogP contribution is -2.17. The van der Waals surface area contributed by atoms with Gasteiger partial charge in [0.2, 0.25) is 0 Å². The molecule has 33 heavy (non-hydrogen) atoms. The molecule has 0 fully saturated rings. The predicted molar refractivity (Wildman–Crippen MR) is 127 cm³/mol. The van der Waals surface area contributed by atoms with Gasteiger partial charge in [0.05, 0.1) is 6.21 Å². The van der Waals surface area contributed by atoms with Gasteiger partial charge in [0, 0.05) is 28.2 Å². The molecule has 0 bridgehead atoms. The first-order valence-electron chi connectivity index (χ1n) is 10.6. The van der Waals surface area contributed by atoms with E-state index in [4.69, 9.17) is 4.74 Å². The third kappa shape index (κ3) is 5.36. The van der Waals surface area contributed by atoms with Gasteiger partial charge in [-0.15, -0.1) is 0 Å². The van der Waals surface area contributed by atoms with E-state index in [0.29, 0.717) is 12.2 Å². The predicted octanol–water partition coefficient (Wildman–Crippen LogP) is 5.58. The number of hydrazone groups is 1. The monoisotopic (exact) mass is 441 g/mol. The minimum absolute atomic E-state index is 0.253. The maximum Gasteiger partial charge on any atom is 0.271 e. The van der Waals surface area contributed by atoms with E-state index >= 15 is 0 Å². The van der Waals surface area contributed by atoms with Crippen molar-refractivity contribution in [3.8, 4) is 11.4 Å². The van der Waals surface area contributed by atoms with Crippen LogP contribution in [0.1, 0.15) is 32.9 Å². The van der Waals surface area contributed by atoms with E-state index in [-0.39, 0.29) is 11.7 Å². The minimum Gasteiger partial charge on any atom is -0.489 e. The van der Waals surface area contributed by atoms with Crippen LogP contribution in [0.5, 0.6) is 5.75 Å². The molecule has 1 N–H and O–H groups in total. The van der Waals surface area contributed by atoms with Crippen molar-refractivity contribution in [3.05, 3.63) is 119 Å². The Balaban J connectivity index is 1.42. The van der Waals surface area contributed by atoms with Crippen LogP contribution in [0, 0.1) is 19.7 Å². The summed E-state index contributed by atoms with van der Waals surface area (Å²) in [5.41, 5.74) is 7.98. The fraction of sp³-hybridized carbons (Fsp3) is 0.111. The molecule has 1 heterocycles. The summed E-state index contributed by atoms with van der Waals surface area (Å²) in [5, 5.41) is 4.12. The molecule has 4 rings (SSSR count). The van der Waals surface area contributed by atoms with Crippen LogP contribution in [0.3, 0.4) is 0 Å². The number of aromatic nitrogens is 1. The third-order valence-electron chi connectivity index (χ3n) is 5.29. The van der Waals surface area contributed by atoms with Gasteiger partial charge in [-0.1, -0.05) is 30.3 Å². The third-order valence-corrected chi connectivity index (χ3v) is 5.29. The Bertz CT molecular complexity index is 1260. The summed E-state index contributed by atoms with van der Waals surface area (Å²) < 4.78 is 20.9. The van der Waals surface area contributed by atoms with Gasteiger partial charge in [0.15, 0.2) is 0 Å². The highest BCUT2D eigenvalue weighted by Crippen LogP contribution is 2.22. The number of benzene rings is 3. The van der Waals surface area contributed by atoms with Gasteiger partial charge in [-0.05, 0) is 74.0 Å². The van der Waals surface area contributed by atoms with Crippen molar-refractivity contribution in [2.45, 2.75) is 20.5 Å². The summed E-state index contributed by atoms with van der Waals surface area (Å²) >= 11 is 0. The van der Waals surface area contributed by atoms with Crippen LogP contribution < -0.4 is 10.2 Å². The van der Waals surface area contributed by atoms with Crippen molar-refractivity contribution in [1.29, 1.82) is 0 Å². The van der Waals surface area contributed by atoms with Crippen LogP contribution in [-0.2, 0) is 6.61 Å². The van der Waals surface area contributed by atoms with E-state index < -0.39 is 0 Å². The number of hydrogen-bond donors (Lipinski definition) is 1. The van der Waals surface area contributed by atoms with Crippen molar-refractivity contribution in [2.24, 2.45) is 5.10 Å². The van der Waals surface area contributed by atoms with Crippen LogP contribution in [0.4, 0.5) is 4.39 Å². The smallest absolute Gasteiger partial charge is 0.271 e. The molecule has 0 aliphatic heterocycles. The van der Waals surface area contributed by atoms with Gasteiger partial charge in [-0.2, -0.15) is 5.10 Å². The molecule has 0 aliphatic carbocycles. The average molecular weight is 442 g/mol. The fourth-order valence-electron chi connectivity index (χ4n) is 3.57. The van der Waals surface area contributed by atoms with Crippen molar-refractivity contribution in [1.82, 2.24) is 9.99 Å². The van der Waals surface area contributed by atoms with Crippen LogP contribution in [0.15, 0.2) is 90.0 Å². The summed E-state index contributed by atoms with van der Waals surface area (Å²) in [6, 6.07) is 25.0. The highest BCUT2D eigenvalue weighted by atomic mass is 19.1. The summed E-state index contributed by atoms with van der Waals surface area (Å²) in [6.45, 7) is 4.40. The lowest BCUT2D eigenvalue weighted by molar-refractivity contribution is 0.0955. The van der Waals surface area contributed by atoms with Gasteiger partial charge in [0.1, 0.15) is 18.2 Å². The standard InChI is InChI=1S/C27H24FN3O2/c1-19-16-23(17-29-30-27(32)22-6-4-3-5-7-22)20(2)31(19)25-12-14-26(15-13-25)33-18-21-8-10-24(28)11-9-21/h3-17H,18H2,1-2H3,(H,30,32)/b29-17+. The zero-order valence-corrected chi connectivity index (χ0v) is 18.5. The van der Waals surface area contributed by atoms with Crippen molar-refractivity contribution < 1.29 is 13.9 Å². The Morgan fingerprint density at radius 1 is 1.00 bits per heavy atom. The number of nitrogens with one attached hydrogen (secondary N) is 1. The molecule has 0 atom stereocenters. The van der Waals surface area contributed by atoms with Crippen LogP contribution in [0.25, 0.3) is 5.69 Å². The van der Waals surface area contributed by atoms with Gasteiger partial charge >= 0.3 is 0 Å². The van der Waals surface area contributed by atoms with E-state index in [1.165, 1.54) is 12.1 Å². The van der Waals surface area contributed by atoms with E-state index in [1.807, 2.05) is 62.4 Å². The van der Waals surface area contributed by atoms with Gasteiger partial charge in [-0.25, -0.2) is 9.82 Å². The maximum atomic E-state index is 13.0. The molecule has 0 radical (unpaired) electrons. The Morgan fingerprint density at radius 2 is 1.70 bits per heavy atom. The molecule has 0 unspecified atom stereocenters. The second-order valence-electron chi connectivity index (χ2n) is 7.64. The number of aryl methyl sites for hydroxylation is 1. The Morgan fingerprint density at radius 3 is 2.39 bits per heavy atom. The van der Waals surface area contributed by atoms with Gasteiger partial charge < -0.3 is 9.30 Å². The van der Waals surface area contributed by atoms with Gasteiger partial charge in [-0.3, -0.25) is 4.79 Å². The summed E-state index contributed by atoms with van der Waals surface area (Å²) in [4.78, 5) is 12.1. The first kappa shape index (κ1) is 22.0. The lowest BCUT2D eigenvalue weighted by atomic mass is 10.2. The number of hydrogen-bond acceptors (Lipinski definition) is 3. The zero-order chi connectivity index (χ0) is 23.2. The minimum atomic E-state index is -0.261. The first-order valence-corrected chi connectivity index (χ1v) is 10.6. The zero-order valence-electron chi connectivity index (χ0n) is 18.5. The molecule has 0 saturated carbocycles. The molecule has 5 nitrogen and oxygen atoms in total. The number of nitrogens with zero attached hydrogens (tertiary/aromatic N) is 2. The maximum absolute atomic E-state index is 13.0. The van der Waals surface area contributed by atoms with Crippen LogP contribution >= 0.6 is 0 Å². The molecule has 166 valence electrons. The number of halogens is 1. The number of carbonyl (C=O) groups is 1. The van der Waals surface area contributed by atoms with Crippen LogP contribution in [0.2, 0.25) is 0 Å². The van der Waals surface area contributed by atoms with E-state index in [0.717, 1.165) is 34.0 Å². The lowest BCUT2D eigenvalue weighted by Gasteiger charge is -2.11. The second-order valence-corrected chi connectivity index (χ2v) is 7.64. The quantitative estimate of drug-likeness (QED) is 0.301. The van der Waals surface area contributed by atoms with E-state index in [1.54, 1.807) is 30.5 Å². The molecule has 0 spiro atoms. The first-order chi connectivity index (χ1) is 16.0. The van der Waals surface area contributed by atoms with Crippen molar-refractivity contribution in [2.75, 3.05) is 0 Å². The molecule has 1 aromatic heterocycles. The number of carbonyl (C=O) groups excluding carboxylic acids is 1. The molecular formula is C27H24FN3O2. The van der Waals surface area contributed by atoms with E-state index in [2.05, 4.69) is 15.1 Å². The molecule has 0 saturated heterocycles. The molecule has 0 aliphatic rings. The Hall–Kier alpha value is -4.19. The SMILES string of the molecule is Cc1cc(/C=N/NC(=O)c2ccccc2)c(C)n1-c1ccc(OCc2ccc(F)cc2)cc1. The second kappa shape index (κ2) is 9.96. The number of ether oxygens (including phenoxy) is 1. The number of rotatable bonds is 7. The largest absolute Gasteiger partial charge is 0.489 e. The average Bonchev–Trinajstić information content (AvgIpc) is 3.12. The van der Waals surface area contributed by atoms with Crippen molar-refractivity contribution in [3.63, 3.8) is 0 Å². The summed E-state index contributed by atoms with van der Waals surface area (Å²) in [6.07, 6.45) is 1.65. The molecule has 6 heteroatoms. The highest BCUT2D eigenvalue weighted by molar-refractivity contribution is 5.94. The molecular weight excluding hydrogens is 417 g/mol. The number of amides is 1. The summed E-state index contributed by atoms with van der Waals surface area (Å²) in [7, 11) is 0. The van der Waals surface area contributed by atoms with Crippen LogP contribution in [-0.4, -0.2) is 16.7 Å². The molecule has 1 amide bonds. The van der Waals surface area contributed by atoms with E-state index in [9.17, 15) is 9.18 Å². The molecule has 3 aromatic carbocycles.